The zero-order valence-corrected chi connectivity index (χ0v) is 20.3. The molecule has 0 saturated carbocycles. The summed E-state index contributed by atoms with van der Waals surface area (Å²) in [7, 11) is 2.59. The molecule has 1 saturated heterocycles. The van der Waals surface area contributed by atoms with E-state index in [1.165, 1.54) is 21.1 Å². The first-order valence-corrected chi connectivity index (χ1v) is 10.6. The summed E-state index contributed by atoms with van der Waals surface area (Å²) in [5.41, 5.74) is -2.33. The van der Waals surface area contributed by atoms with Gasteiger partial charge in [-0.15, -0.1) is 4.73 Å². The lowest BCUT2D eigenvalue weighted by molar-refractivity contribution is -0.280. The first-order valence-electron chi connectivity index (χ1n) is 10.6. The zero-order valence-electron chi connectivity index (χ0n) is 20.3. The topological polar surface area (TPSA) is 184 Å². The number of hydrogen-bond acceptors (Lipinski definition) is 13. The normalized spacial score (nSPS) is 21.5. The third-order valence-corrected chi connectivity index (χ3v) is 5.22. The van der Waals surface area contributed by atoms with Crippen LogP contribution in [-0.2, 0) is 40.4 Å². The molecule has 0 bridgehead atoms. The van der Waals surface area contributed by atoms with Crippen molar-refractivity contribution in [1.82, 2.24) is 14.3 Å². The smallest absolute Gasteiger partial charge is 0.303 e. The van der Waals surface area contributed by atoms with Crippen molar-refractivity contribution in [3.8, 4) is 11.8 Å². The van der Waals surface area contributed by atoms with Crippen LogP contribution in [0.5, 0.6) is 11.8 Å². The van der Waals surface area contributed by atoms with Crippen molar-refractivity contribution < 1.29 is 48.0 Å². The molecule has 4 atom stereocenters. The van der Waals surface area contributed by atoms with Gasteiger partial charge in [-0.05, 0) is 6.92 Å². The molecule has 3 rings (SSSR count). The molecule has 2 aromatic heterocycles. The molecule has 196 valence electrons. The highest BCUT2D eigenvalue weighted by atomic mass is 16.8. The van der Waals surface area contributed by atoms with E-state index in [2.05, 4.69) is 4.98 Å². The Labute approximate surface area is 203 Å². The van der Waals surface area contributed by atoms with E-state index in [1.807, 2.05) is 0 Å². The van der Waals surface area contributed by atoms with Gasteiger partial charge in [0.15, 0.2) is 17.9 Å². The number of nitrogens with zero attached hydrogens (tertiary/aromatic N) is 3. The molecular weight excluding hydrogens is 486 g/mol. The Morgan fingerprint density at radius 1 is 1.00 bits per heavy atom. The number of ether oxygens (including phenoxy) is 5. The quantitative estimate of drug-likeness (QED) is 0.357. The molecule has 1 N–H and O–H groups in total. The minimum absolute atomic E-state index is 0.207. The van der Waals surface area contributed by atoms with Gasteiger partial charge in [-0.3, -0.25) is 28.5 Å². The second kappa shape index (κ2) is 10.2. The Morgan fingerprint density at radius 2 is 1.58 bits per heavy atom. The maximum absolute atomic E-state index is 13.0. The van der Waals surface area contributed by atoms with Gasteiger partial charge in [0, 0.05) is 27.8 Å². The van der Waals surface area contributed by atoms with Gasteiger partial charge >= 0.3 is 23.9 Å². The molecule has 15 heteroatoms. The van der Waals surface area contributed by atoms with E-state index in [9.17, 15) is 29.1 Å². The number of methoxy groups -OCH3 is 1. The molecule has 0 aliphatic carbocycles. The van der Waals surface area contributed by atoms with Crippen LogP contribution >= 0.6 is 0 Å². The van der Waals surface area contributed by atoms with Gasteiger partial charge in [-0.25, -0.2) is 0 Å². The van der Waals surface area contributed by atoms with Gasteiger partial charge in [0.1, 0.15) is 11.1 Å². The summed E-state index contributed by atoms with van der Waals surface area (Å²) in [6.45, 7) is 4.17. The lowest BCUT2D eigenvalue weighted by atomic mass is 10.0. The van der Waals surface area contributed by atoms with Crippen molar-refractivity contribution in [2.75, 3.05) is 13.7 Å². The van der Waals surface area contributed by atoms with Crippen LogP contribution in [0.25, 0.3) is 11.0 Å². The minimum atomic E-state index is -1.60. The Morgan fingerprint density at radius 3 is 2.14 bits per heavy atom. The summed E-state index contributed by atoms with van der Waals surface area (Å²) >= 11 is 0. The van der Waals surface area contributed by atoms with Crippen LogP contribution in [0.15, 0.2) is 9.59 Å². The number of carbonyl (C=O) groups is 3. The highest BCUT2D eigenvalue weighted by Crippen LogP contribution is 2.26. The SMILES string of the molecule is COc1nc2c(c(O)c(C)c(=O)n2O[C@@H]2OCC(OC(C)=O)[C@H](OC(C)=O)C2OC(C)=O)c(=O)n1C. The number of rotatable bonds is 6. The fourth-order valence-corrected chi connectivity index (χ4v) is 3.65. The lowest BCUT2D eigenvalue weighted by Gasteiger charge is -2.39. The molecule has 0 amide bonds. The molecule has 3 heterocycles. The number of aromatic nitrogens is 3. The molecule has 1 aliphatic heterocycles. The molecule has 0 radical (unpaired) electrons. The fourth-order valence-electron chi connectivity index (χ4n) is 3.65. The highest BCUT2D eigenvalue weighted by molar-refractivity contribution is 5.82. The molecule has 1 fully saturated rings. The highest BCUT2D eigenvalue weighted by Gasteiger charge is 2.49. The van der Waals surface area contributed by atoms with Crippen molar-refractivity contribution >= 4 is 28.9 Å². The second-order valence-electron chi connectivity index (χ2n) is 7.84. The van der Waals surface area contributed by atoms with Crippen molar-refractivity contribution in [2.24, 2.45) is 7.05 Å². The van der Waals surface area contributed by atoms with E-state index in [1.54, 1.807) is 0 Å². The Hall–Kier alpha value is -4.14. The second-order valence-corrected chi connectivity index (χ2v) is 7.84. The third kappa shape index (κ3) is 4.95. The van der Waals surface area contributed by atoms with E-state index in [0.717, 1.165) is 25.3 Å². The first-order chi connectivity index (χ1) is 16.9. The number of aromatic hydroxyl groups is 1. The predicted octanol–water partition coefficient (Wildman–Crippen LogP) is -1.30. The average molecular weight is 511 g/mol. The molecule has 36 heavy (non-hydrogen) atoms. The van der Waals surface area contributed by atoms with E-state index in [-0.39, 0.29) is 23.6 Å². The van der Waals surface area contributed by atoms with Crippen molar-refractivity contribution in [1.29, 1.82) is 0 Å². The summed E-state index contributed by atoms with van der Waals surface area (Å²) in [6.07, 6.45) is -5.67. The number of pyridine rings is 1. The summed E-state index contributed by atoms with van der Waals surface area (Å²) in [6, 6.07) is -0.207. The van der Waals surface area contributed by atoms with E-state index >= 15 is 0 Å². The number of esters is 3. The van der Waals surface area contributed by atoms with Gasteiger partial charge in [-0.1, -0.05) is 0 Å². The first kappa shape index (κ1) is 26.5. The van der Waals surface area contributed by atoms with E-state index in [4.69, 9.17) is 28.5 Å². The number of fused-ring (bicyclic) bond motifs is 1. The number of carbonyl (C=O) groups excluding carboxylic acids is 3. The average Bonchev–Trinajstić information content (AvgIpc) is 2.79. The van der Waals surface area contributed by atoms with Crippen molar-refractivity contribution in [2.45, 2.75) is 52.3 Å². The van der Waals surface area contributed by atoms with Crippen LogP contribution in [0.4, 0.5) is 0 Å². The van der Waals surface area contributed by atoms with Crippen LogP contribution in [0.1, 0.15) is 26.3 Å². The van der Waals surface area contributed by atoms with Gasteiger partial charge < -0.3 is 33.6 Å². The minimum Gasteiger partial charge on any atom is -0.506 e. The monoisotopic (exact) mass is 511 g/mol. The molecule has 2 unspecified atom stereocenters. The van der Waals surface area contributed by atoms with Crippen LogP contribution < -0.4 is 20.7 Å². The molecule has 2 aromatic rings. The zero-order chi connectivity index (χ0) is 26.9. The molecule has 15 nitrogen and oxygen atoms in total. The fraction of sp³-hybridized carbons (Fsp3) is 0.524. The van der Waals surface area contributed by atoms with Crippen molar-refractivity contribution in [3.05, 3.63) is 26.3 Å². The van der Waals surface area contributed by atoms with Gasteiger partial charge in [0.25, 0.3) is 17.4 Å². The summed E-state index contributed by atoms with van der Waals surface area (Å²) in [5, 5.41) is 10.1. The molecular formula is C21H25N3O12. The Kier molecular flexibility index (Phi) is 7.52. The van der Waals surface area contributed by atoms with Crippen LogP contribution in [0.2, 0.25) is 0 Å². The molecule has 1 aliphatic rings. The van der Waals surface area contributed by atoms with Crippen LogP contribution in [0, 0.1) is 6.92 Å². The largest absolute Gasteiger partial charge is 0.506 e. The van der Waals surface area contributed by atoms with Gasteiger partial charge in [0.05, 0.1) is 19.3 Å². The maximum Gasteiger partial charge on any atom is 0.303 e. The summed E-state index contributed by atoms with van der Waals surface area (Å²) in [4.78, 5) is 70.9. The third-order valence-electron chi connectivity index (χ3n) is 5.22. The van der Waals surface area contributed by atoms with E-state index in [0.29, 0.717) is 4.73 Å². The number of hydrogen-bond donors (Lipinski definition) is 1. The summed E-state index contributed by atoms with van der Waals surface area (Å²) < 4.78 is 27.9. The molecule has 0 aromatic carbocycles. The lowest BCUT2D eigenvalue weighted by Crippen LogP contribution is -2.60. The van der Waals surface area contributed by atoms with Gasteiger partial charge in [-0.2, -0.15) is 4.98 Å². The maximum atomic E-state index is 13.0. The predicted molar refractivity (Wildman–Crippen MR) is 117 cm³/mol. The summed E-state index contributed by atoms with van der Waals surface area (Å²) in [5.74, 6) is -2.94. The van der Waals surface area contributed by atoms with Crippen molar-refractivity contribution in [3.63, 3.8) is 0 Å². The van der Waals surface area contributed by atoms with Gasteiger partial charge in [0.2, 0.25) is 6.10 Å². The van der Waals surface area contributed by atoms with E-state index < -0.39 is 65.0 Å². The Bertz CT molecular complexity index is 1330. The Balaban J connectivity index is 2.18. The standard InChI is InChI=1S/C21H25N3O12/c1-8-14(28)13-17(22-21(31-6)23(5)19(13)30)24(18(8)29)36-20-16(35-11(4)27)15(34-10(3)26)12(7-32-20)33-9(2)25/h12,15-16,20,28H,7H2,1-6H3/t12?,15-,16?,20-/m0/s1. The van der Waals surface area contributed by atoms with Crippen LogP contribution in [0.3, 0.4) is 0 Å². The van der Waals surface area contributed by atoms with Crippen LogP contribution in [-0.4, -0.2) is 75.6 Å². The molecule has 0 spiro atoms.